The van der Waals surface area contributed by atoms with Gasteiger partial charge in [0.2, 0.25) is 5.91 Å². The zero-order chi connectivity index (χ0) is 20.9. The summed E-state index contributed by atoms with van der Waals surface area (Å²) >= 11 is 0. The van der Waals surface area contributed by atoms with E-state index in [1.54, 1.807) is 4.68 Å². The SMILES string of the molecule is CCNC(=NCC(=O)N1CCc2ccccc2C1)N1CCOC(c2cnn(C)c2)C1.I. The second-order valence-electron chi connectivity index (χ2n) is 7.76. The Kier molecular flexibility index (Phi) is 8.30. The first kappa shape index (κ1) is 23.5. The number of aromatic nitrogens is 2. The summed E-state index contributed by atoms with van der Waals surface area (Å²) < 4.78 is 7.72. The topological polar surface area (TPSA) is 75.0 Å². The van der Waals surface area contributed by atoms with Crippen molar-refractivity contribution in [3.63, 3.8) is 0 Å². The Morgan fingerprint density at radius 3 is 2.81 bits per heavy atom. The fraction of sp³-hybridized carbons (Fsp3) is 0.500. The lowest BCUT2D eigenvalue weighted by atomic mass is 10.00. The number of morpholine rings is 1. The van der Waals surface area contributed by atoms with Gasteiger partial charge < -0.3 is 19.9 Å². The van der Waals surface area contributed by atoms with E-state index in [2.05, 4.69) is 38.5 Å². The number of hydrogen-bond donors (Lipinski definition) is 1. The van der Waals surface area contributed by atoms with E-state index in [0.29, 0.717) is 19.7 Å². The smallest absolute Gasteiger partial charge is 0.244 e. The third kappa shape index (κ3) is 5.76. The maximum Gasteiger partial charge on any atom is 0.244 e. The monoisotopic (exact) mass is 538 g/mol. The number of benzene rings is 1. The summed E-state index contributed by atoms with van der Waals surface area (Å²) in [5, 5.41) is 7.58. The zero-order valence-corrected chi connectivity index (χ0v) is 20.5. The standard InChI is InChI=1S/C22H30N6O2.HI/c1-3-23-22(28-10-11-30-20(16-28)19-12-25-26(2)14-19)24-13-21(29)27-9-8-17-6-4-5-7-18(17)15-27;/h4-7,12,14,20H,3,8-11,13,15-16H2,1-2H3,(H,23,24);1H. The molecule has 1 atom stereocenters. The molecule has 1 aromatic heterocycles. The predicted molar refractivity (Wildman–Crippen MR) is 130 cm³/mol. The molecule has 1 N–H and O–H groups in total. The van der Waals surface area contributed by atoms with Crippen molar-refractivity contribution in [2.24, 2.45) is 12.0 Å². The Hall–Kier alpha value is -2.14. The van der Waals surface area contributed by atoms with Crippen LogP contribution in [0.4, 0.5) is 0 Å². The molecule has 1 saturated heterocycles. The minimum Gasteiger partial charge on any atom is -0.370 e. The molecule has 1 fully saturated rings. The summed E-state index contributed by atoms with van der Waals surface area (Å²) in [6, 6.07) is 8.35. The molecular weight excluding hydrogens is 507 g/mol. The molecule has 3 heterocycles. The molecular formula is C22H31IN6O2. The van der Waals surface area contributed by atoms with Gasteiger partial charge in [-0.2, -0.15) is 5.10 Å². The lowest BCUT2D eigenvalue weighted by Crippen LogP contribution is -2.48. The lowest BCUT2D eigenvalue weighted by molar-refractivity contribution is -0.130. The molecule has 0 aliphatic carbocycles. The van der Waals surface area contributed by atoms with Crippen molar-refractivity contribution in [1.82, 2.24) is 24.9 Å². The average Bonchev–Trinajstić information content (AvgIpc) is 3.22. The minimum atomic E-state index is -0.0504. The number of nitrogens with one attached hydrogen (secondary N) is 1. The van der Waals surface area contributed by atoms with Crippen molar-refractivity contribution in [2.75, 3.05) is 39.3 Å². The summed E-state index contributed by atoms with van der Waals surface area (Å²) in [5.41, 5.74) is 3.63. The zero-order valence-electron chi connectivity index (χ0n) is 18.2. The quantitative estimate of drug-likeness (QED) is 0.366. The molecule has 0 bridgehead atoms. The van der Waals surface area contributed by atoms with Crippen molar-refractivity contribution in [1.29, 1.82) is 0 Å². The van der Waals surface area contributed by atoms with Crippen molar-refractivity contribution < 1.29 is 9.53 Å². The van der Waals surface area contributed by atoms with Crippen LogP contribution >= 0.6 is 24.0 Å². The normalized spacial score (nSPS) is 18.9. The molecule has 1 aromatic carbocycles. The van der Waals surface area contributed by atoms with Gasteiger partial charge in [-0.05, 0) is 24.5 Å². The fourth-order valence-electron chi connectivity index (χ4n) is 4.03. The summed E-state index contributed by atoms with van der Waals surface area (Å²) in [5.74, 6) is 0.831. The van der Waals surface area contributed by atoms with Crippen LogP contribution in [0.15, 0.2) is 41.7 Å². The molecule has 1 unspecified atom stereocenters. The summed E-state index contributed by atoms with van der Waals surface area (Å²) in [6.07, 6.45) is 4.68. The Labute approximate surface area is 200 Å². The molecule has 31 heavy (non-hydrogen) atoms. The third-order valence-corrected chi connectivity index (χ3v) is 5.64. The number of rotatable bonds is 4. The molecule has 2 aliphatic rings. The highest BCUT2D eigenvalue weighted by atomic mass is 127. The number of nitrogens with zero attached hydrogens (tertiary/aromatic N) is 5. The summed E-state index contributed by atoms with van der Waals surface area (Å²) in [6.45, 7) is 6.40. The first-order valence-electron chi connectivity index (χ1n) is 10.6. The molecule has 9 heteroatoms. The van der Waals surface area contributed by atoms with Gasteiger partial charge in [0.05, 0.1) is 19.3 Å². The van der Waals surface area contributed by atoms with E-state index >= 15 is 0 Å². The van der Waals surface area contributed by atoms with Crippen LogP contribution < -0.4 is 5.32 Å². The van der Waals surface area contributed by atoms with Crippen LogP contribution in [-0.2, 0) is 29.5 Å². The molecule has 8 nitrogen and oxygen atoms in total. The number of fused-ring (bicyclic) bond motifs is 1. The van der Waals surface area contributed by atoms with E-state index in [0.717, 1.165) is 37.6 Å². The largest absolute Gasteiger partial charge is 0.370 e. The van der Waals surface area contributed by atoms with Crippen LogP contribution in [0, 0.1) is 0 Å². The number of ether oxygens (including phenoxy) is 1. The first-order valence-corrected chi connectivity index (χ1v) is 10.6. The van der Waals surface area contributed by atoms with Gasteiger partial charge in [-0.25, -0.2) is 4.99 Å². The van der Waals surface area contributed by atoms with Crippen molar-refractivity contribution >= 4 is 35.8 Å². The van der Waals surface area contributed by atoms with Gasteiger partial charge in [-0.3, -0.25) is 9.48 Å². The number of amides is 1. The number of carbonyl (C=O) groups excluding carboxylic acids is 1. The first-order chi connectivity index (χ1) is 14.6. The Morgan fingerprint density at radius 2 is 2.06 bits per heavy atom. The van der Waals surface area contributed by atoms with Crippen LogP contribution in [0.3, 0.4) is 0 Å². The van der Waals surface area contributed by atoms with Crippen molar-refractivity contribution in [3.8, 4) is 0 Å². The van der Waals surface area contributed by atoms with Crippen LogP contribution in [-0.4, -0.2) is 70.8 Å². The molecule has 2 aromatic rings. The predicted octanol–water partition coefficient (Wildman–Crippen LogP) is 1.96. The van der Waals surface area contributed by atoms with Gasteiger partial charge in [0.25, 0.3) is 0 Å². The van der Waals surface area contributed by atoms with E-state index in [9.17, 15) is 4.79 Å². The van der Waals surface area contributed by atoms with Crippen LogP contribution in [0.5, 0.6) is 0 Å². The van der Waals surface area contributed by atoms with E-state index in [1.165, 1.54) is 11.1 Å². The van der Waals surface area contributed by atoms with Crippen molar-refractivity contribution in [2.45, 2.75) is 26.0 Å². The molecule has 0 radical (unpaired) electrons. The van der Waals surface area contributed by atoms with Gasteiger partial charge in [-0.1, -0.05) is 24.3 Å². The highest BCUT2D eigenvalue weighted by Gasteiger charge is 2.26. The highest BCUT2D eigenvalue weighted by molar-refractivity contribution is 14.0. The lowest BCUT2D eigenvalue weighted by Gasteiger charge is -2.35. The number of aliphatic imine (C=N–C) groups is 1. The molecule has 0 saturated carbocycles. The van der Waals surface area contributed by atoms with Crippen molar-refractivity contribution in [3.05, 3.63) is 53.3 Å². The van der Waals surface area contributed by atoms with Gasteiger partial charge in [0.1, 0.15) is 12.6 Å². The number of aryl methyl sites for hydroxylation is 1. The van der Waals surface area contributed by atoms with Crippen LogP contribution in [0.2, 0.25) is 0 Å². The Morgan fingerprint density at radius 1 is 1.26 bits per heavy atom. The van der Waals surface area contributed by atoms with Gasteiger partial charge in [0.15, 0.2) is 5.96 Å². The maximum atomic E-state index is 12.8. The molecule has 0 spiro atoms. The van der Waals surface area contributed by atoms with Crippen LogP contribution in [0.1, 0.15) is 29.7 Å². The highest BCUT2D eigenvalue weighted by Crippen LogP contribution is 2.22. The summed E-state index contributed by atoms with van der Waals surface area (Å²) in [7, 11) is 1.90. The molecule has 2 aliphatic heterocycles. The molecule has 1 amide bonds. The Bertz CT molecular complexity index is 915. The van der Waals surface area contributed by atoms with E-state index < -0.39 is 0 Å². The average molecular weight is 538 g/mol. The van der Waals surface area contributed by atoms with Gasteiger partial charge in [0, 0.05) is 45.0 Å². The second kappa shape index (κ2) is 10.9. The minimum absolute atomic E-state index is 0. The molecule has 168 valence electrons. The van der Waals surface area contributed by atoms with E-state index in [4.69, 9.17) is 4.74 Å². The third-order valence-electron chi connectivity index (χ3n) is 5.64. The van der Waals surface area contributed by atoms with Gasteiger partial charge in [-0.15, -0.1) is 24.0 Å². The molecule has 4 rings (SSSR count). The van der Waals surface area contributed by atoms with Gasteiger partial charge >= 0.3 is 0 Å². The van der Waals surface area contributed by atoms with E-state index in [1.807, 2.05) is 37.3 Å². The number of halogens is 1. The number of carbonyl (C=O) groups is 1. The maximum absolute atomic E-state index is 12.8. The van der Waals surface area contributed by atoms with Crippen LogP contribution in [0.25, 0.3) is 0 Å². The van der Waals surface area contributed by atoms with E-state index in [-0.39, 0.29) is 42.5 Å². The second-order valence-corrected chi connectivity index (χ2v) is 7.76. The summed E-state index contributed by atoms with van der Waals surface area (Å²) in [4.78, 5) is 21.6. The Balaban J connectivity index is 0.00000272. The number of guanidine groups is 1. The number of hydrogen-bond acceptors (Lipinski definition) is 4. The fourth-order valence-corrected chi connectivity index (χ4v) is 4.03.